The van der Waals surface area contributed by atoms with E-state index in [1.807, 2.05) is 0 Å². The van der Waals surface area contributed by atoms with Crippen LogP contribution in [0.1, 0.15) is 12.5 Å². The van der Waals surface area contributed by atoms with E-state index in [-0.39, 0.29) is 0 Å². The zero-order valence-corrected chi connectivity index (χ0v) is 10.4. The molecule has 0 spiro atoms. The zero-order chi connectivity index (χ0) is 11.8. The van der Waals surface area contributed by atoms with Gasteiger partial charge in [0, 0.05) is 31.1 Å². The van der Waals surface area contributed by atoms with Gasteiger partial charge in [0.1, 0.15) is 0 Å². The first-order valence-electron chi connectivity index (χ1n) is 6.21. The monoisotopic (exact) mass is 230 g/mol. The summed E-state index contributed by atoms with van der Waals surface area (Å²) in [5.41, 5.74) is 3.53. The first-order chi connectivity index (χ1) is 8.25. The summed E-state index contributed by atoms with van der Waals surface area (Å²) >= 11 is 0. The number of piperazine rings is 1. The molecule has 1 aliphatic rings. The smallest absolute Gasteiger partial charge is 0.157 e. The maximum absolute atomic E-state index is 5.66. The van der Waals surface area contributed by atoms with Gasteiger partial charge in [-0.25, -0.2) is 0 Å². The third-order valence-corrected chi connectivity index (χ3v) is 3.52. The molecule has 3 nitrogen and oxygen atoms in total. The highest BCUT2D eigenvalue weighted by molar-refractivity contribution is 5.92. The van der Waals surface area contributed by atoms with Gasteiger partial charge in [0.05, 0.1) is 12.0 Å². The van der Waals surface area contributed by atoms with E-state index in [0.717, 1.165) is 25.2 Å². The third kappa shape index (κ3) is 1.80. The lowest BCUT2D eigenvalue weighted by molar-refractivity contribution is 0.483. The van der Waals surface area contributed by atoms with Crippen molar-refractivity contribution in [3.05, 3.63) is 30.0 Å². The quantitative estimate of drug-likeness (QED) is 0.816. The first-order valence-corrected chi connectivity index (χ1v) is 6.21. The fourth-order valence-electron chi connectivity index (χ4n) is 2.59. The van der Waals surface area contributed by atoms with Gasteiger partial charge in [-0.1, -0.05) is 6.07 Å². The van der Waals surface area contributed by atoms with Crippen LogP contribution in [0.4, 0.5) is 5.69 Å². The summed E-state index contributed by atoms with van der Waals surface area (Å²) in [6.45, 7) is 7.47. The van der Waals surface area contributed by atoms with E-state index in [1.165, 1.54) is 16.6 Å². The number of benzene rings is 1. The van der Waals surface area contributed by atoms with Crippen LogP contribution in [-0.4, -0.2) is 25.7 Å². The molecule has 3 rings (SSSR count). The number of rotatable bonds is 1. The molecule has 17 heavy (non-hydrogen) atoms. The van der Waals surface area contributed by atoms with Gasteiger partial charge < -0.3 is 14.6 Å². The minimum atomic E-state index is 0.537. The topological polar surface area (TPSA) is 28.4 Å². The van der Waals surface area contributed by atoms with Crippen molar-refractivity contribution in [1.82, 2.24) is 5.32 Å². The molecule has 1 saturated heterocycles. The molecule has 1 fully saturated rings. The van der Waals surface area contributed by atoms with Gasteiger partial charge in [0.2, 0.25) is 0 Å². The van der Waals surface area contributed by atoms with Crippen LogP contribution in [0, 0.1) is 6.92 Å². The van der Waals surface area contributed by atoms with Crippen molar-refractivity contribution in [1.29, 1.82) is 0 Å². The van der Waals surface area contributed by atoms with E-state index >= 15 is 0 Å². The van der Waals surface area contributed by atoms with Crippen molar-refractivity contribution in [2.45, 2.75) is 19.9 Å². The summed E-state index contributed by atoms with van der Waals surface area (Å²) in [5.74, 6) is 0. The van der Waals surface area contributed by atoms with Crippen LogP contribution in [0.15, 0.2) is 28.9 Å². The van der Waals surface area contributed by atoms with Gasteiger partial charge in [-0.05, 0) is 31.5 Å². The lowest BCUT2D eigenvalue weighted by Gasteiger charge is -2.33. The molecule has 1 aliphatic heterocycles. The van der Waals surface area contributed by atoms with Crippen molar-refractivity contribution < 1.29 is 4.42 Å². The second kappa shape index (κ2) is 4.08. The molecule has 0 aliphatic carbocycles. The minimum Gasteiger partial charge on any atom is -0.462 e. The lowest BCUT2D eigenvalue weighted by atomic mass is 10.1. The maximum Gasteiger partial charge on any atom is 0.157 e. The van der Waals surface area contributed by atoms with Gasteiger partial charge in [0.15, 0.2) is 5.58 Å². The largest absolute Gasteiger partial charge is 0.462 e. The summed E-state index contributed by atoms with van der Waals surface area (Å²) in [5, 5.41) is 4.69. The van der Waals surface area contributed by atoms with Crippen molar-refractivity contribution in [3.8, 4) is 0 Å². The summed E-state index contributed by atoms with van der Waals surface area (Å²) < 4.78 is 5.66. The predicted octanol–water partition coefficient (Wildman–Crippen LogP) is 2.54. The van der Waals surface area contributed by atoms with Crippen LogP contribution in [0.5, 0.6) is 0 Å². The number of furan rings is 1. The second-order valence-corrected chi connectivity index (χ2v) is 4.87. The maximum atomic E-state index is 5.66. The number of nitrogens with zero attached hydrogens (tertiary/aromatic N) is 1. The zero-order valence-electron chi connectivity index (χ0n) is 10.4. The van der Waals surface area contributed by atoms with Crippen LogP contribution in [-0.2, 0) is 0 Å². The number of anilines is 1. The van der Waals surface area contributed by atoms with Crippen molar-refractivity contribution in [2.24, 2.45) is 0 Å². The molecule has 1 atom stereocenters. The fraction of sp³-hybridized carbons (Fsp3) is 0.429. The molecule has 0 saturated carbocycles. The molecule has 1 N–H and O–H groups in total. The van der Waals surface area contributed by atoms with Gasteiger partial charge in [-0.2, -0.15) is 0 Å². The highest BCUT2D eigenvalue weighted by Crippen LogP contribution is 2.30. The summed E-state index contributed by atoms with van der Waals surface area (Å²) in [4.78, 5) is 2.41. The molecule has 0 unspecified atom stereocenters. The fourth-order valence-corrected chi connectivity index (χ4v) is 2.59. The Morgan fingerprint density at radius 1 is 1.35 bits per heavy atom. The Morgan fingerprint density at radius 2 is 2.24 bits per heavy atom. The molecular weight excluding hydrogens is 212 g/mol. The third-order valence-electron chi connectivity index (χ3n) is 3.52. The molecule has 0 bridgehead atoms. The van der Waals surface area contributed by atoms with Crippen molar-refractivity contribution >= 4 is 16.7 Å². The predicted molar refractivity (Wildman–Crippen MR) is 70.6 cm³/mol. The van der Waals surface area contributed by atoms with Gasteiger partial charge >= 0.3 is 0 Å². The average Bonchev–Trinajstić information content (AvgIpc) is 2.79. The summed E-state index contributed by atoms with van der Waals surface area (Å²) in [6.07, 6.45) is 1.78. The number of fused-ring (bicyclic) bond motifs is 1. The highest BCUT2D eigenvalue weighted by atomic mass is 16.3. The summed E-state index contributed by atoms with van der Waals surface area (Å²) in [7, 11) is 0. The Kier molecular flexibility index (Phi) is 2.56. The number of hydrogen-bond donors (Lipinski definition) is 1. The number of aryl methyl sites for hydroxylation is 1. The molecule has 3 heteroatoms. The Hall–Kier alpha value is -1.48. The summed E-state index contributed by atoms with van der Waals surface area (Å²) in [6, 6.07) is 6.95. The molecular formula is C14H18N2O. The van der Waals surface area contributed by atoms with Crippen LogP contribution < -0.4 is 10.2 Å². The van der Waals surface area contributed by atoms with Crippen molar-refractivity contribution in [3.63, 3.8) is 0 Å². The van der Waals surface area contributed by atoms with E-state index < -0.39 is 0 Å². The second-order valence-electron chi connectivity index (χ2n) is 4.87. The Labute approximate surface area is 101 Å². The van der Waals surface area contributed by atoms with Gasteiger partial charge in [0.25, 0.3) is 0 Å². The van der Waals surface area contributed by atoms with Crippen molar-refractivity contribution in [2.75, 3.05) is 24.5 Å². The molecule has 1 aromatic heterocycles. The Balaban J connectivity index is 2.05. The standard InChI is InChI=1S/C14H18N2O/c1-10-3-4-13(14-12(10)5-8-17-14)16-7-6-15-11(2)9-16/h3-5,8,11,15H,6-7,9H2,1-2H3/t11-/m0/s1. The lowest BCUT2D eigenvalue weighted by Crippen LogP contribution is -2.49. The Morgan fingerprint density at radius 3 is 3.06 bits per heavy atom. The van der Waals surface area contributed by atoms with Gasteiger partial charge in [-0.3, -0.25) is 0 Å². The van der Waals surface area contributed by atoms with Crippen LogP contribution in [0.3, 0.4) is 0 Å². The van der Waals surface area contributed by atoms with Crippen LogP contribution >= 0.6 is 0 Å². The van der Waals surface area contributed by atoms with E-state index in [9.17, 15) is 0 Å². The Bertz CT molecular complexity index is 532. The highest BCUT2D eigenvalue weighted by Gasteiger charge is 2.19. The normalized spacial score (nSPS) is 21.1. The first kappa shape index (κ1) is 10.7. The molecule has 0 amide bonds. The number of hydrogen-bond acceptors (Lipinski definition) is 3. The van der Waals surface area contributed by atoms with Gasteiger partial charge in [-0.15, -0.1) is 0 Å². The minimum absolute atomic E-state index is 0.537. The molecule has 2 aromatic rings. The molecule has 1 aromatic carbocycles. The van der Waals surface area contributed by atoms with E-state index in [4.69, 9.17) is 4.42 Å². The van der Waals surface area contributed by atoms with E-state index in [2.05, 4.69) is 42.3 Å². The van der Waals surface area contributed by atoms with Crippen LogP contribution in [0.2, 0.25) is 0 Å². The SMILES string of the molecule is Cc1ccc(N2CCN[C@@H](C)C2)c2occc12. The van der Waals surface area contributed by atoms with Crippen LogP contribution in [0.25, 0.3) is 11.0 Å². The average molecular weight is 230 g/mol. The molecule has 2 heterocycles. The number of nitrogens with one attached hydrogen (secondary N) is 1. The van der Waals surface area contributed by atoms with E-state index in [0.29, 0.717) is 6.04 Å². The molecule has 90 valence electrons. The molecule has 0 radical (unpaired) electrons. The van der Waals surface area contributed by atoms with E-state index in [1.54, 1.807) is 6.26 Å².